The molecule has 3 nitrogen and oxygen atoms in total. The molecular weight excluding hydrogens is 282 g/mol. The Morgan fingerprint density at radius 3 is 2.16 bits per heavy atom. The van der Waals surface area contributed by atoms with Crippen LogP contribution in [0, 0.1) is 0 Å². The Bertz CT molecular complexity index is 593. The van der Waals surface area contributed by atoms with E-state index < -0.39 is 10.0 Å². The molecule has 1 aromatic rings. The molecule has 2 saturated heterocycles. The van der Waals surface area contributed by atoms with Gasteiger partial charge < -0.3 is 0 Å². The van der Waals surface area contributed by atoms with Crippen molar-refractivity contribution in [1.29, 1.82) is 0 Å². The molecule has 3 rings (SSSR count). The van der Waals surface area contributed by atoms with E-state index in [1.807, 2.05) is 0 Å². The van der Waals surface area contributed by atoms with Crippen LogP contribution in [-0.2, 0) is 10.0 Å². The van der Waals surface area contributed by atoms with Crippen LogP contribution in [0.4, 0.5) is 0 Å². The SMILES string of the molecule is C=C1CC2CCC(C1)N2S(=O)(=O)c1ccc(Cl)cc1. The minimum atomic E-state index is -3.40. The van der Waals surface area contributed by atoms with Crippen molar-refractivity contribution in [3.63, 3.8) is 0 Å². The van der Waals surface area contributed by atoms with Gasteiger partial charge in [0.1, 0.15) is 0 Å². The van der Waals surface area contributed by atoms with E-state index in [-0.39, 0.29) is 12.1 Å². The molecule has 2 fully saturated rings. The van der Waals surface area contributed by atoms with Gasteiger partial charge in [0, 0.05) is 17.1 Å². The zero-order valence-electron chi connectivity index (χ0n) is 10.5. The number of hydrogen-bond acceptors (Lipinski definition) is 2. The van der Waals surface area contributed by atoms with Crippen LogP contribution in [0.1, 0.15) is 25.7 Å². The monoisotopic (exact) mass is 297 g/mol. The normalized spacial score (nSPS) is 27.7. The van der Waals surface area contributed by atoms with Gasteiger partial charge in [-0.25, -0.2) is 8.42 Å². The summed E-state index contributed by atoms with van der Waals surface area (Å²) in [6, 6.07) is 6.60. The fourth-order valence-corrected chi connectivity index (χ4v) is 5.19. The van der Waals surface area contributed by atoms with E-state index in [1.54, 1.807) is 28.6 Å². The highest BCUT2D eigenvalue weighted by Crippen LogP contribution is 2.41. The van der Waals surface area contributed by atoms with E-state index in [1.165, 1.54) is 5.57 Å². The molecule has 5 heteroatoms. The Hall–Kier alpha value is -0.840. The third-order valence-electron chi connectivity index (χ3n) is 3.99. The summed E-state index contributed by atoms with van der Waals surface area (Å²) in [5.41, 5.74) is 1.18. The van der Waals surface area contributed by atoms with Crippen LogP contribution < -0.4 is 0 Å². The van der Waals surface area contributed by atoms with Crippen LogP contribution in [0.5, 0.6) is 0 Å². The molecule has 0 radical (unpaired) electrons. The fraction of sp³-hybridized carbons (Fsp3) is 0.429. The molecule has 1 aromatic carbocycles. The zero-order valence-corrected chi connectivity index (χ0v) is 12.1. The highest BCUT2D eigenvalue weighted by atomic mass is 35.5. The molecule has 0 N–H and O–H groups in total. The number of sulfonamides is 1. The molecule has 2 unspecified atom stereocenters. The lowest BCUT2D eigenvalue weighted by molar-refractivity contribution is 0.286. The van der Waals surface area contributed by atoms with E-state index in [0.717, 1.165) is 25.7 Å². The lowest BCUT2D eigenvalue weighted by Crippen LogP contribution is -2.44. The second kappa shape index (κ2) is 4.62. The molecule has 2 aliphatic heterocycles. The molecule has 0 saturated carbocycles. The topological polar surface area (TPSA) is 37.4 Å². The maximum atomic E-state index is 12.7. The fourth-order valence-electron chi connectivity index (χ4n) is 3.19. The van der Waals surface area contributed by atoms with Crippen molar-refractivity contribution in [3.05, 3.63) is 41.4 Å². The van der Waals surface area contributed by atoms with Crippen molar-refractivity contribution in [2.45, 2.75) is 42.7 Å². The molecule has 2 bridgehead atoms. The number of rotatable bonds is 2. The molecule has 0 spiro atoms. The summed E-state index contributed by atoms with van der Waals surface area (Å²) in [5.74, 6) is 0. The lowest BCUT2D eigenvalue weighted by atomic mass is 10.0. The number of piperidine rings is 1. The minimum Gasteiger partial charge on any atom is -0.207 e. The molecule has 0 amide bonds. The van der Waals surface area contributed by atoms with Crippen LogP contribution in [-0.4, -0.2) is 24.8 Å². The summed E-state index contributed by atoms with van der Waals surface area (Å²) >= 11 is 5.82. The summed E-state index contributed by atoms with van der Waals surface area (Å²) in [6.45, 7) is 4.02. The van der Waals surface area contributed by atoms with Gasteiger partial charge in [0.25, 0.3) is 0 Å². The number of hydrogen-bond donors (Lipinski definition) is 0. The average Bonchev–Trinajstić information content (AvgIpc) is 2.64. The van der Waals surface area contributed by atoms with E-state index in [4.69, 9.17) is 11.6 Å². The first-order valence-electron chi connectivity index (χ1n) is 6.44. The molecule has 102 valence electrons. The third-order valence-corrected chi connectivity index (χ3v) is 6.26. The number of benzene rings is 1. The second-order valence-corrected chi connectivity index (χ2v) is 7.61. The number of halogens is 1. The predicted molar refractivity (Wildman–Crippen MR) is 75.7 cm³/mol. The Morgan fingerprint density at radius 1 is 1.11 bits per heavy atom. The van der Waals surface area contributed by atoms with E-state index >= 15 is 0 Å². The Kier molecular flexibility index (Phi) is 3.20. The molecule has 0 aliphatic carbocycles. The van der Waals surface area contributed by atoms with Gasteiger partial charge in [0.15, 0.2) is 0 Å². The van der Waals surface area contributed by atoms with Crippen LogP contribution in [0.15, 0.2) is 41.3 Å². The molecule has 2 aliphatic rings. The summed E-state index contributed by atoms with van der Waals surface area (Å²) < 4.78 is 27.1. The molecular formula is C14H16ClNO2S. The van der Waals surface area contributed by atoms with Crippen molar-refractivity contribution in [3.8, 4) is 0 Å². The second-order valence-electron chi connectivity index (χ2n) is 5.33. The summed E-state index contributed by atoms with van der Waals surface area (Å²) in [7, 11) is -3.40. The average molecular weight is 298 g/mol. The van der Waals surface area contributed by atoms with Crippen LogP contribution in [0.25, 0.3) is 0 Å². The maximum absolute atomic E-state index is 12.7. The first-order valence-corrected chi connectivity index (χ1v) is 8.26. The van der Waals surface area contributed by atoms with Gasteiger partial charge in [0.05, 0.1) is 4.90 Å². The largest absolute Gasteiger partial charge is 0.243 e. The minimum absolute atomic E-state index is 0.0897. The third kappa shape index (κ3) is 2.22. The van der Waals surface area contributed by atoms with Gasteiger partial charge in [-0.3, -0.25) is 0 Å². The Balaban J connectivity index is 1.97. The van der Waals surface area contributed by atoms with Crippen molar-refractivity contribution in [2.75, 3.05) is 0 Å². The Labute approximate surface area is 118 Å². The first-order chi connectivity index (χ1) is 8.98. The van der Waals surface area contributed by atoms with Crippen molar-refractivity contribution >= 4 is 21.6 Å². The summed E-state index contributed by atoms with van der Waals surface area (Å²) in [4.78, 5) is 0.335. The Morgan fingerprint density at radius 2 is 1.63 bits per heavy atom. The van der Waals surface area contributed by atoms with Gasteiger partial charge in [-0.05, 0) is 49.9 Å². The van der Waals surface area contributed by atoms with Crippen LogP contribution in [0.2, 0.25) is 5.02 Å². The van der Waals surface area contributed by atoms with Crippen molar-refractivity contribution in [1.82, 2.24) is 4.31 Å². The van der Waals surface area contributed by atoms with Crippen molar-refractivity contribution in [2.24, 2.45) is 0 Å². The zero-order chi connectivity index (χ0) is 13.6. The van der Waals surface area contributed by atoms with E-state index in [0.29, 0.717) is 9.92 Å². The van der Waals surface area contributed by atoms with Gasteiger partial charge in [-0.1, -0.05) is 23.8 Å². The van der Waals surface area contributed by atoms with Crippen LogP contribution >= 0.6 is 11.6 Å². The van der Waals surface area contributed by atoms with Gasteiger partial charge in [-0.15, -0.1) is 0 Å². The molecule has 0 aromatic heterocycles. The molecule has 2 atom stereocenters. The molecule has 2 heterocycles. The maximum Gasteiger partial charge on any atom is 0.243 e. The highest BCUT2D eigenvalue weighted by molar-refractivity contribution is 7.89. The summed E-state index contributed by atoms with van der Waals surface area (Å²) in [6.07, 6.45) is 3.47. The first kappa shape index (κ1) is 13.2. The van der Waals surface area contributed by atoms with Gasteiger partial charge in [-0.2, -0.15) is 4.31 Å². The predicted octanol–water partition coefficient (Wildman–Crippen LogP) is 3.21. The van der Waals surface area contributed by atoms with Crippen LogP contribution in [0.3, 0.4) is 0 Å². The van der Waals surface area contributed by atoms with Gasteiger partial charge in [0.2, 0.25) is 10.0 Å². The standard InChI is InChI=1S/C14H16ClNO2S/c1-10-8-12-4-5-13(9-10)16(12)19(17,18)14-6-2-11(15)3-7-14/h2-3,6-7,12-13H,1,4-5,8-9H2. The van der Waals surface area contributed by atoms with E-state index in [9.17, 15) is 8.42 Å². The van der Waals surface area contributed by atoms with E-state index in [2.05, 4.69) is 6.58 Å². The van der Waals surface area contributed by atoms with Gasteiger partial charge >= 0.3 is 0 Å². The quantitative estimate of drug-likeness (QED) is 0.786. The molecule has 19 heavy (non-hydrogen) atoms. The lowest BCUT2D eigenvalue weighted by Gasteiger charge is -2.34. The number of fused-ring (bicyclic) bond motifs is 2. The smallest absolute Gasteiger partial charge is 0.207 e. The van der Waals surface area contributed by atoms with Crippen molar-refractivity contribution < 1.29 is 8.42 Å². The highest BCUT2D eigenvalue weighted by Gasteiger charge is 2.45. The number of nitrogens with zero attached hydrogens (tertiary/aromatic N) is 1. The summed E-state index contributed by atoms with van der Waals surface area (Å²) in [5, 5.41) is 0.550.